The Labute approximate surface area is 129 Å². The van der Waals surface area contributed by atoms with Gasteiger partial charge in [-0.05, 0) is 30.7 Å². The fourth-order valence-electron chi connectivity index (χ4n) is 3.01. The molecule has 1 heterocycles. The fourth-order valence-corrected chi connectivity index (χ4v) is 3.01. The summed E-state index contributed by atoms with van der Waals surface area (Å²) in [6.45, 7) is 0.801. The highest BCUT2D eigenvalue weighted by atomic mass is 16.6. The molecule has 0 amide bonds. The van der Waals surface area contributed by atoms with Gasteiger partial charge in [-0.15, -0.1) is 0 Å². The second kappa shape index (κ2) is 6.52. The van der Waals surface area contributed by atoms with Crippen molar-refractivity contribution in [2.24, 2.45) is 10.9 Å². The second-order valence-electron chi connectivity index (χ2n) is 5.64. The van der Waals surface area contributed by atoms with Gasteiger partial charge >= 0.3 is 0 Å². The highest BCUT2D eigenvalue weighted by molar-refractivity contribution is 6.01. The normalized spacial score (nSPS) is 17.8. The topological polar surface area (TPSA) is 55.5 Å². The van der Waals surface area contributed by atoms with E-state index in [0.29, 0.717) is 5.92 Å². The third-order valence-electron chi connectivity index (χ3n) is 4.13. The molecule has 4 heteroatoms. The van der Waals surface area contributed by atoms with Crippen molar-refractivity contribution in [1.82, 2.24) is 0 Å². The number of nitro benzene ring substituents is 1. The molecule has 0 fully saturated rings. The van der Waals surface area contributed by atoms with Crippen molar-refractivity contribution in [2.45, 2.75) is 19.3 Å². The zero-order valence-electron chi connectivity index (χ0n) is 12.3. The molecular formula is C18H18N2O2. The van der Waals surface area contributed by atoms with Crippen molar-refractivity contribution in [1.29, 1.82) is 0 Å². The van der Waals surface area contributed by atoms with Gasteiger partial charge in [-0.1, -0.05) is 48.5 Å². The van der Waals surface area contributed by atoms with Crippen LogP contribution in [0.15, 0.2) is 59.6 Å². The lowest BCUT2D eigenvalue weighted by atomic mass is 9.87. The molecule has 4 nitrogen and oxygen atoms in total. The molecule has 0 saturated carbocycles. The van der Waals surface area contributed by atoms with Crippen LogP contribution in [0.25, 0.3) is 0 Å². The summed E-state index contributed by atoms with van der Waals surface area (Å²) in [5.74, 6) is 0.411. The van der Waals surface area contributed by atoms with Gasteiger partial charge in [-0.2, -0.15) is 0 Å². The van der Waals surface area contributed by atoms with Gasteiger partial charge in [0.25, 0.3) is 5.69 Å². The Morgan fingerprint density at radius 1 is 1.09 bits per heavy atom. The fraction of sp³-hybridized carbons (Fsp3) is 0.278. The first-order valence-electron chi connectivity index (χ1n) is 7.55. The summed E-state index contributed by atoms with van der Waals surface area (Å²) in [6.07, 6.45) is 2.61. The first kappa shape index (κ1) is 14.4. The summed E-state index contributed by atoms with van der Waals surface area (Å²) in [4.78, 5) is 15.5. The van der Waals surface area contributed by atoms with Gasteiger partial charge in [0, 0.05) is 23.9 Å². The van der Waals surface area contributed by atoms with Crippen LogP contribution < -0.4 is 0 Å². The van der Waals surface area contributed by atoms with E-state index in [4.69, 9.17) is 0 Å². The molecule has 0 bridgehead atoms. The summed E-state index contributed by atoms with van der Waals surface area (Å²) >= 11 is 0. The molecule has 2 aromatic rings. The van der Waals surface area contributed by atoms with Crippen LogP contribution in [-0.2, 0) is 6.42 Å². The predicted octanol–water partition coefficient (Wildman–Crippen LogP) is 4.04. The Bertz CT molecular complexity index is 695. The van der Waals surface area contributed by atoms with Crippen LogP contribution in [0, 0.1) is 16.0 Å². The van der Waals surface area contributed by atoms with E-state index in [0.717, 1.165) is 42.6 Å². The number of para-hydroxylation sites is 1. The number of rotatable bonds is 4. The molecule has 0 saturated heterocycles. The van der Waals surface area contributed by atoms with E-state index in [-0.39, 0.29) is 10.6 Å². The van der Waals surface area contributed by atoms with Gasteiger partial charge in [-0.25, -0.2) is 0 Å². The third-order valence-corrected chi connectivity index (χ3v) is 4.13. The van der Waals surface area contributed by atoms with Crippen LogP contribution >= 0.6 is 0 Å². The van der Waals surface area contributed by atoms with Crippen LogP contribution in [0.1, 0.15) is 24.0 Å². The van der Waals surface area contributed by atoms with Crippen molar-refractivity contribution >= 4 is 11.4 Å². The van der Waals surface area contributed by atoms with Gasteiger partial charge in [0.15, 0.2) is 0 Å². The molecule has 0 aromatic heterocycles. The summed E-state index contributed by atoms with van der Waals surface area (Å²) in [7, 11) is 0. The number of aliphatic imine (C=N–C) groups is 1. The highest BCUT2D eigenvalue weighted by Crippen LogP contribution is 2.27. The van der Waals surface area contributed by atoms with E-state index in [1.807, 2.05) is 30.3 Å². The predicted molar refractivity (Wildman–Crippen MR) is 87.4 cm³/mol. The Hall–Kier alpha value is -2.49. The molecule has 1 aliphatic heterocycles. The maximum absolute atomic E-state index is 11.1. The number of nitrogens with zero attached hydrogens (tertiary/aromatic N) is 2. The standard InChI is InChI=1S/C18H18N2O2/c21-20(22)18-9-5-4-8-16(18)12-14-10-11-19-17(13-14)15-6-2-1-3-7-15/h1-9,14H,10-13H2. The van der Waals surface area contributed by atoms with Gasteiger partial charge in [0.2, 0.25) is 0 Å². The number of benzene rings is 2. The zero-order chi connectivity index (χ0) is 15.4. The maximum Gasteiger partial charge on any atom is 0.272 e. The van der Waals surface area contributed by atoms with Crippen molar-refractivity contribution in [3.8, 4) is 0 Å². The van der Waals surface area contributed by atoms with Crippen LogP contribution in [0.4, 0.5) is 5.69 Å². The van der Waals surface area contributed by atoms with Crippen LogP contribution in [-0.4, -0.2) is 17.2 Å². The van der Waals surface area contributed by atoms with E-state index < -0.39 is 0 Å². The SMILES string of the molecule is O=[N+]([O-])c1ccccc1CC1CCN=C(c2ccccc2)C1. The van der Waals surface area contributed by atoms with Crippen molar-refractivity contribution in [3.05, 3.63) is 75.8 Å². The quantitative estimate of drug-likeness (QED) is 0.631. The Kier molecular flexibility index (Phi) is 4.28. The molecule has 2 aromatic carbocycles. The zero-order valence-corrected chi connectivity index (χ0v) is 12.3. The average molecular weight is 294 g/mol. The smallest absolute Gasteiger partial charge is 0.272 e. The maximum atomic E-state index is 11.1. The van der Waals surface area contributed by atoms with Gasteiger partial charge in [0.1, 0.15) is 0 Å². The van der Waals surface area contributed by atoms with E-state index in [2.05, 4.69) is 17.1 Å². The molecule has 1 unspecified atom stereocenters. The van der Waals surface area contributed by atoms with E-state index in [9.17, 15) is 10.1 Å². The first-order valence-corrected chi connectivity index (χ1v) is 7.55. The summed E-state index contributed by atoms with van der Waals surface area (Å²) in [5, 5.41) is 11.1. The summed E-state index contributed by atoms with van der Waals surface area (Å²) in [6, 6.07) is 17.2. The second-order valence-corrected chi connectivity index (χ2v) is 5.64. The van der Waals surface area contributed by atoms with E-state index >= 15 is 0 Å². The number of nitro groups is 1. The van der Waals surface area contributed by atoms with E-state index in [1.54, 1.807) is 12.1 Å². The van der Waals surface area contributed by atoms with Crippen LogP contribution in [0.5, 0.6) is 0 Å². The minimum Gasteiger partial charge on any atom is -0.289 e. The summed E-state index contributed by atoms with van der Waals surface area (Å²) < 4.78 is 0. The minimum atomic E-state index is -0.287. The molecular weight excluding hydrogens is 276 g/mol. The van der Waals surface area contributed by atoms with Crippen LogP contribution in [0.3, 0.4) is 0 Å². The van der Waals surface area contributed by atoms with Crippen molar-refractivity contribution in [3.63, 3.8) is 0 Å². The average Bonchev–Trinajstić information content (AvgIpc) is 2.56. The van der Waals surface area contributed by atoms with Gasteiger partial charge < -0.3 is 0 Å². The largest absolute Gasteiger partial charge is 0.289 e. The monoisotopic (exact) mass is 294 g/mol. The molecule has 0 aliphatic carbocycles. The van der Waals surface area contributed by atoms with Gasteiger partial charge in [0.05, 0.1) is 4.92 Å². The van der Waals surface area contributed by atoms with Crippen LogP contribution in [0.2, 0.25) is 0 Å². The number of hydrogen-bond donors (Lipinski definition) is 0. The highest BCUT2D eigenvalue weighted by Gasteiger charge is 2.21. The molecule has 1 aliphatic rings. The molecule has 1 atom stereocenters. The van der Waals surface area contributed by atoms with Gasteiger partial charge in [-0.3, -0.25) is 15.1 Å². The molecule has 22 heavy (non-hydrogen) atoms. The lowest BCUT2D eigenvalue weighted by Crippen LogP contribution is -2.19. The third kappa shape index (κ3) is 3.22. The molecule has 0 N–H and O–H groups in total. The molecule has 0 spiro atoms. The lowest BCUT2D eigenvalue weighted by molar-refractivity contribution is -0.385. The minimum absolute atomic E-state index is 0.228. The lowest BCUT2D eigenvalue weighted by Gasteiger charge is -2.22. The Balaban J connectivity index is 1.75. The Morgan fingerprint density at radius 3 is 2.59 bits per heavy atom. The molecule has 3 rings (SSSR count). The van der Waals surface area contributed by atoms with Crippen molar-refractivity contribution in [2.75, 3.05) is 6.54 Å². The van der Waals surface area contributed by atoms with E-state index in [1.165, 1.54) is 0 Å². The van der Waals surface area contributed by atoms with Crippen molar-refractivity contribution < 1.29 is 4.92 Å². The summed E-state index contributed by atoms with van der Waals surface area (Å²) in [5.41, 5.74) is 3.34. The Morgan fingerprint density at radius 2 is 1.82 bits per heavy atom. The first-order chi connectivity index (χ1) is 10.7. The molecule has 112 valence electrons. The molecule has 0 radical (unpaired) electrons. The number of hydrogen-bond acceptors (Lipinski definition) is 3.